The Labute approximate surface area is 108 Å². The molecular weight excluding hydrogens is 240 g/mol. The first-order chi connectivity index (χ1) is 7.77. The van der Waals surface area contributed by atoms with Crippen LogP contribution < -0.4 is 0 Å². The van der Waals surface area contributed by atoms with Crippen molar-refractivity contribution in [1.82, 2.24) is 9.80 Å². The number of unbranched alkanes of at least 4 members (excludes halogenated alkanes) is 3. The third-order valence-electron chi connectivity index (χ3n) is 2.70. The van der Waals surface area contributed by atoms with E-state index in [-0.39, 0.29) is 6.61 Å². The fourth-order valence-electron chi connectivity index (χ4n) is 1.75. The van der Waals surface area contributed by atoms with Crippen molar-refractivity contribution >= 4 is 28.3 Å². The highest BCUT2D eigenvalue weighted by Crippen LogP contribution is 2.18. The molecule has 1 rings (SSSR count). The van der Waals surface area contributed by atoms with Crippen LogP contribution in [0.3, 0.4) is 0 Å². The summed E-state index contributed by atoms with van der Waals surface area (Å²) in [7, 11) is 0. The van der Waals surface area contributed by atoms with E-state index in [1.165, 1.54) is 25.7 Å². The molecule has 1 aliphatic heterocycles. The van der Waals surface area contributed by atoms with E-state index in [1.807, 2.05) is 0 Å². The first-order valence-corrected chi connectivity index (χ1v) is 7.42. The van der Waals surface area contributed by atoms with Crippen LogP contribution in [0.4, 0.5) is 0 Å². The standard InChI is InChI=1S/C11H22N2OS2/c1-2-3-4-5-6-13-9-12(7-8-14)10-16-11(13)15/h14H,2-10H2,1H3. The number of thiocarbonyl (C=S) groups is 1. The second-order valence-electron chi connectivity index (χ2n) is 4.12. The number of aliphatic hydroxyl groups excluding tert-OH is 1. The van der Waals surface area contributed by atoms with Gasteiger partial charge >= 0.3 is 0 Å². The number of β-amino-alcohol motifs (C(OH)–C–C–N with tert-alkyl or cyclic N) is 1. The van der Waals surface area contributed by atoms with E-state index in [0.29, 0.717) is 0 Å². The molecule has 1 heterocycles. The molecule has 0 aliphatic carbocycles. The molecule has 0 spiro atoms. The summed E-state index contributed by atoms with van der Waals surface area (Å²) in [6, 6.07) is 0. The van der Waals surface area contributed by atoms with Crippen LogP contribution in [0.1, 0.15) is 32.6 Å². The van der Waals surface area contributed by atoms with Crippen LogP contribution in [-0.4, -0.2) is 51.5 Å². The summed E-state index contributed by atoms with van der Waals surface area (Å²) in [5.74, 6) is 0.921. The lowest BCUT2D eigenvalue weighted by atomic mass is 10.2. The van der Waals surface area contributed by atoms with Crippen LogP contribution in [0, 0.1) is 0 Å². The van der Waals surface area contributed by atoms with Gasteiger partial charge in [-0.05, 0) is 6.42 Å². The molecule has 16 heavy (non-hydrogen) atoms. The van der Waals surface area contributed by atoms with Gasteiger partial charge in [-0.1, -0.05) is 50.2 Å². The Morgan fingerprint density at radius 3 is 2.81 bits per heavy atom. The van der Waals surface area contributed by atoms with E-state index in [1.54, 1.807) is 11.8 Å². The first kappa shape index (κ1) is 14.2. The molecule has 0 unspecified atom stereocenters. The maximum absolute atomic E-state index is 8.91. The maximum atomic E-state index is 8.91. The van der Waals surface area contributed by atoms with Gasteiger partial charge in [0.25, 0.3) is 0 Å². The third kappa shape index (κ3) is 4.99. The number of thioether (sulfide) groups is 1. The van der Waals surface area contributed by atoms with Crippen molar-refractivity contribution in [3.8, 4) is 0 Å². The number of aliphatic hydroxyl groups is 1. The first-order valence-electron chi connectivity index (χ1n) is 6.03. The number of nitrogens with zero attached hydrogens (tertiary/aromatic N) is 2. The van der Waals surface area contributed by atoms with E-state index >= 15 is 0 Å². The Balaban J connectivity index is 2.23. The third-order valence-corrected chi connectivity index (χ3v) is 4.31. The minimum Gasteiger partial charge on any atom is -0.395 e. The van der Waals surface area contributed by atoms with Crippen LogP contribution >= 0.6 is 24.0 Å². The molecule has 0 bridgehead atoms. The molecule has 1 aliphatic rings. The predicted molar refractivity (Wildman–Crippen MR) is 74.6 cm³/mol. The van der Waals surface area contributed by atoms with Gasteiger partial charge in [0.15, 0.2) is 0 Å². The Kier molecular flexibility index (Phi) is 7.36. The summed E-state index contributed by atoms with van der Waals surface area (Å²) in [5.41, 5.74) is 0. The van der Waals surface area contributed by atoms with Crippen molar-refractivity contribution in [2.24, 2.45) is 0 Å². The molecule has 0 radical (unpaired) electrons. The summed E-state index contributed by atoms with van der Waals surface area (Å²) in [4.78, 5) is 4.50. The second kappa shape index (κ2) is 8.28. The lowest BCUT2D eigenvalue weighted by Crippen LogP contribution is -2.45. The van der Waals surface area contributed by atoms with E-state index in [0.717, 1.165) is 30.0 Å². The fraction of sp³-hybridized carbons (Fsp3) is 0.909. The van der Waals surface area contributed by atoms with Crippen molar-refractivity contribution in [3.63, 3.8) is 0 Å². The average molecular weight is 262 g/mol. The molecule has 1 N–H and O–H groups in total. The topological polar surface area (TPSA) is 26.7 Å². The van der Waals surface area contributed by atoms with Gasteiger partial charge in [0.2, 0.25) is 0 Å². The van der Waals surface area contributed by atoms with Gasteiger partial charge < -0.3 is 10.0 Å². The van der Waals surface area contributed by atoms with Crippen LogP contribution in [0.15, 0.2) is 0 Å². The van der Waals surface area contributed by atoms with Crippen LogP contribution in [0.2, 0.25) is 0 Å². The average Bonchev–Trinajstić information content (AvgIpc) is 2.29. The quantitative estimate of drug-likeness (QED) is 0.560. The Bertz CT molecular complexity index is 214. The van der Waals surface area contributed by atoms with Gasteiger partial charge in [-0.3, -0.25) is 4.90 Å². The molecule has 0 amide bonds. The van der Waals surface area contributed by atoms with E-state index in [9.17, 15) is 0 Å². The highest BCUT2D eigenvalue weighted by atomic mass is 32.2. The minimum atomic E-state index is 0.233. The lowest BCUT2D eigenvalue weighted by Gasteiger charge is -2.36. The molecule has 0 saturated carbocycles. The Hall–Kier alpha value is 0.160. The smallest absolute Gasteiger partial charge is 0.138 e. The van der Waals surface area contributed by atoms with Gasteiger partial charge in [-0.2, -0.15) is 0 Å². The van der Waals surface area contributed by atoms with Crippen molar-refractivity contribution in [2.75, 3.05) is 32.2 Å². The Morgan fingerprint density at radius 1 is 1.31 bits per heavy atom. The van der Waals surface area contributed by atoms with E-state index in [4.69, 9.17) is 17.3 Å². The highest BCUT2D eigenvalue weighted by Gasteiger charge is 2.20. The number of rotatable bonds is 7. The SMILES string of the molecule is CCCCCCN1CN(CCO)CSC1=S. The van der Waals surface area contributed by atoms with Crippen LogP contribution in [-0.2, 0) is 0 Å². The number of hydrogen-bond donors (Lipinski definition) is 1. The molecule has 0 aromatic rings. The molecule has 0 atom stereocenters. The predicted octanol–water partition coefficient (Wildman–Crippen LogP) is 2.11. The lowest BCUT2D eigenvalue weighted by molar-refractivity contribution is 0.166. The summed E-state index contributed by atoms with van der Waals surface area (Å²) >= 11 is 7.05. The zero-order valence-electron chi connectivity index (χ0n) is 10.0. The monoisotopic (exact) mass is 262 g/mol. The summed E-state index contributed by atoms with van der Waals surface area (Å²) in [6.45, 7) is 5.16. The van der Waals surface area contributed by atoms with Gasteiger partial charge in [0.05, 0.1) is 19.2 Å². The number of hydrogen-bond acceptors (Lipinski definition) is 4. The zero-order valence-corrected chi connectivity index (χ0v) is 11.7. The normalized spacial score (nSPS) is 18.1. The molecule has 0 aromatic heterocycles. The zero-order chi connectivity index (χ0) is 11.8. The van der Waals surface area contributed by atoms with Gasteiger partial charge in [0.1, 0.15) is 4.32 Å². The largest absolute Gasteiger partial charge is 0.395 e. The molecular formula is C11H22N2OS2. The van der Waals surface area contributed by atoms with E-state index < -0.39 is 0 Å². The van der Waals surface area contributed by atoms with Crippen molar-refractivity contribution in [2.45, 2.75) is 32.6 Å². The molecule has 3 nitrogen and oxygen atoms in total. The minimum absolute atomic E-state index is 0.233. The van der Waals surface area contributed by atoms with Crippen LogP contribution in [0.5, 0.6) is 0 Å². The maximum Gasteiger partial charge on any atom is 0.138 e. The fourth-order valence-corrected chi connectivity index (χ4v) is 2.89. The molecule has 0 aromatic carbocycles. The summed E-state index contributed by atoms with van der Waals surface area (Å²) < 4.78 is 1.02. The second-order valence-corrected chi connectivity index (χ2v) is 5.70. The van der Waals surface area contributed by atoms with Crippen molar-refractivity contribution < 1.29 is 5.11 Å². The summed E-state index contributed by atoms with van der Waals surface area (Å²) in [5, 5.41) is 8.91. The summed E-state index contributed by atoms with van der Waals surface area (Å²) in [6.07, 6.45) is 5.10. The van der Waals surface area contributed by atoms with Crippen molar-refractivity contribution in [3.05, 3.63) is 0 Å². The van der Waals surface area contributed by atoms with Gasteiger partial charge in [0, 0.05) is 13.1 Å². The van der Waals surface area contributed by atoms with E-state index in [2.05, 4.69) is 16.7 Å². The van der Waals surface area contributed by atoms with Crippen LogP contribution in [0.25, 0.3) is 0 Å². The van der Waals surface area contributed by atoms with Gasteiger partial charge in [-0.25, -0.2) is 0 Å². The molecule has 94 valence electrons. The Morgan fingerprint density at radius 2 is 2.12 bits per heavy atom. The molecule has 1 fully saturated rings. The van der Waals surface area contributed by atoms with Crippen molar-refractivity contribution in [1.29, 1.82) is 0 Å². The highest BCUT2D eigenvalue weighted by molar-refractivity contribution is 8.22. The molecule has 5 heteroatoms. The van der Waals surface area contributed by atoms with Gasteiger partial charge in [-0.15, -0.1) is 0 Å². The molecule has 1 saturated heterocycles.